The van der Waals surface area contributed by atoms with Crippen LogP contribution in [-0.4, -0.2) is 82.2 Å². The molecule has 0 saturated carbocycles. The van der Waals surface area contributed by atoms with E-state index >= 15 is 0 Å². The van der Waals surface area contributed by atoms with Crippen LogP contribution in [0.4, 0.5) is 0 Å². The van der Waals surface area contributed by atoms with Gasteiger partial charge in [-0.25, -0.2) is 0 Å². The molecule has 4 atom stereocenters. The summed E-state index contributed by atoms with van der Waals surface area (Å²) in [5.41, 5.74) is 0. The van der Waals surface area contributed by atoms with Gasteiger partial charge in [-0.3, -0.25) is 14.2 Å². The SMILES string of the molecule is CCCCC/C=C\C/C=C\CC1OC1C/C=C\CCCC(=O)OC[C@H](COP(=O)([O-])OCC[N+](C)(C)C)OC(=O)CCCCCCCC/C=C\C/C=C\C/C=C\CCCCCC. The van der Waals surface area contributed by atoms with E-state index in [4.69, 9.17) is 23.3 Å². The van der Waals surface area contributed by atoms with E-state index in [1.54, 1.807) is 0 Å². The number of esters is 2. The fourth-order valence-corrected chi connectivity index (χ4v) is 7.13. The van der Waals surface area contributed by atoms with Gasteiger partial charge in [-0.15, -0.1) is 0 Å². The van der Waals surface area contributed by atoms with Crippen LogP contribution in [0.2, 0.25) is 0 Å². The van der Waals surface area contributed by atoms with Crippen molar-refractivity contribution in [2.45, 2.75) is 193 Å². The van der Waals surface area contributed by atoms with Gasteiger partial charge in [0.05, 0.1) is 40.0 Å². The molecule has 0 aromatic heterocycles. The molecular formula is C51H88NO9P. The van der Waals surface area contributed by atoms with Crippen molar-refractivity contribution in [1.29, 1.82) is 0 Å². The van der Waals surface area contributed by atoms with Crippen molar-refractivity contribution >= 4 is 19.8 Å². The number of phosphoric ester groups is 1. The van der Waals surface area contributed by atoms with Gasteiger partial charge in [-0.2, -0.15) is 0 Å². The number of carbonyl (C=O) groups is 2. The highest BCUT2D eigenvalue weighted by atomic mass is 31.2. The summed E-state index contributed by atoms with van der Waals surface area (Å²) in [6, 6.07) is 0. The Balaban J connectivity index is 2.31. The average molecular weight is 890 g/mol. The van der Waals surface area contributed by atoms with E-state index in [2.05, 4.69) is 86.8 Å². The summed E-state index contributed by atoms with van der Waals surface area (Å²) >= 11 is 0. The van der Waals surface area contributed by atoms with Gasteiger partial charge < -0.3 is 32.6 Å². The molecule has 62 heavy (non-hydrogen) atoms. The number of rotatable bonds is 42. The molecule has 0 spiro atoms. The van der Waals surface area contributed by atoms with Gasteiger partial charge in [0.25, 0.3) is 7.82 Å². The Morgan fingerprint density at radius 3 is 1.63 bits per heavy atom. The van der Waals surface area contributed by atoms with Gasteiger partial charge in [-0.05, 0) is 89.9 Å². The molecule has 1 heterocycles. The molecule has 1 fully saturated rings. The van der Waals surface area contributed by atoms with Crippen LogP contribution in [-0.2, 0) is 37.4 Å². The summed E-state index contributed by atoms with van der Waals surface area (Å²) in [6.07, 6.45) is 51.0. The van der Waals surface area contributed by atoms with Crippen LogP contribution in [0.1, 0.15) is 174 Å². The van der Waals surface area contributed by atoms with Gasteiger partial charge >= 0.3 is 11.9 Å². The third-order valence-corrected chi connectivity index (χ3v) is 11.3. The highest BCUT2D eigenvalue weighted by Gasteiger charge is 2.36. The number of likely N-dealkylation sites (N-methyl/N-ethyl adjacent to an activating group) is 1. The minimum atomic E-state index is -4.65. The molecule has 1 aliphatic rings. The first kappa shape index (κ1) is 57.4. The smallest absolute Gasteiger partial charge is 0.306 e. The lowest BCUT2D eigenvalue weighted by Crippen LogP contribution is -2.37. The fourth-order valence-electron chi connectivity index (χ4n) is 6.40. The van der Waals surface area contributed by atoms with Crippen molar-refractivity contribution < 1.29 is 46.8 Å². The Bertz CT molecular complexity index is 1350. The van der Waals surface area contributed by atoms with E-state index in [9.17, 15) is 19.0 Å². The maximum Gasteiger partial charge on any atom is 0.306 e. The highest BCUT2D eigenvalue weighted by Crippen LogP contribution is 2.38. The van der Waals surface area contributed by atoms with Crippen LogP contribution >= 0.6 is 7.82 Å². The van der Waals surface area contributed by atoms with Gasteiger partial charge in [0.1, 0.15) is 19.8 Å². The largest absolute Gasteiger partial charge is 0.756 e. The first-order valence-electron chi connectivity index (χ1n) is 24.3. The Labute approximate surface area is 378 Å². The van der Waals surface area contributed by atoms with Gasteiger partial charge in [-0.1, -0.05) is 145 Å². The van der Waals surface area contributed by atoms with Crippen molar-refractivity contribution in [2.24, 2.45) is 0 Å². The van der Waals surface area contributed by atoms with E-state index in [1.165, 1.54) is 51.4 Å². The summed E-state index contributed by atoms with van der Waals surface area (Å²) in [5, 5.41) is 0. The van der Waals surface area contributed by atoms with Crippen molar-refractivity contribution in [1.82, 2.24) is 0 Å². The molecule has 3 unspecified atom stereocenters. The number of unbranched alkanes of at least 4 members (excludes halogenated alkanes) is 14. The molecule has 1 saturated heterocycles. The number of allylic oxidation sites excluding steroid dienone is 10. The number of phosphoric acid groups is 1. The van der Waals surface area contributed by atoms with Crippen LogP contribution in [0, 0.1) is 0 Å². The maximum atomic E-state index is 12.7. The van der Waals surface area contributed by atoms with Crippen LogP contribution in [0.15, 0.2) is 72.9 Å². The molecule has 0 bridgehead atoms. The molecule has 0 amide bonds. The Morgan fingerprint density at radius 1 is 0.581 bits per heavy atom. The van der Waals surface area contributed by atoms with E-state index in [-0.39, 0.29) is 38.3 Å². The van der Waals surface area contributed by atoms with Crippen molar-refractivity contribution in [3.05, 3.63) is 72.9 Å². The molecule has 356 valence electrons. The van der Waals surface area contributed by atoms with Gasteiger partial charge in [0, 0.05) is 12.8 Å². The quantitative estimate of drug-likeness (QED) is 0.0147. The Morgan fingerprint density at radius 2 is 1.03 bits per heavy atom. The Kier molecular flexibility index (Phi) is 36.0. The number of ether oxygens (including phenoxy) is 3. The second kappa shape index (κ2) is 38.8. The fraction of sp³-hybridized carbons (Fsp3) is 0.725. The van der Waals surface area contributed by atoms with E-state index in [1.807, 2.05) is 21.1 Å². The molecule has 0 aromatic carbocycles. The molecule has 1 rings (SSSR count). The standard InChI is InChI=1S/C51H88NO9P/c1-6-8-10-12-14-16-17-18-19-20-21-22-23-24-25-26-28-30-32-38-42-51(54)60-47(46-59-62(55,56)58-44-43-52(3,4)5)45-57-50(53)41-37-34-33-36-40-49-48(61-49)39-35-31-29-27-15-13-11-9-7-2/h15-17,19-20,22-23,27,31,33,35-36,47-49H,6-14,18,21,24-26,28-30,32,34,37-46H2,1-5H3/b17-16-,20-19-,23-22-,27-15-,35-31-,36-33-/t47-,48?,49?/m1/s1. The van der Waals surface area contributed by atoms with Crippen LogP contribution in [0.5, 0.6) is 0 Å². The highest BCUT2D eigenvalue weighted by molar-refractivity contribution is 7.45. The number of hydrogen-bond acceptors (Lipinski definition) is 9. The van der Waals surface area contributed by atoms with Crippen molar-refractivity contribution in [2.75, 3.05) is 47.5 Å². The first-order chi connectivity index (χ1) is 30.0. The maximum absolute atomic E-state index is 12.7. The molecule has 0 radical (unpaired) electrons. The lowest BCUT2D eigenvalue weighted by atomic mass is 10.1. The van der Waals surface area contributed by atoms with E-state index in [0.29, 0.717) is 23.9 Å². The van der Waals surface area contributed by atoms with Crippen LogP contribution in [0.25, 0.3) is 0 Å². The van der Waals surface area contributed by atoms with Gasteiger partial charge in [0.15, 0.2) is 6.10 Å². The molecule has 0 aromatic rings. The zero-order valence-corrected chi connectivity index (χ0v) is 40.6. The van der Waals surface area contributed by atoms with Crippen LogP contribution in [0.3, 0.4) is 0 Å². The summed E-state index contributed by atoms with van der Waals surface area (Å²) < 4.78 is 39.7. The van der Waals surface area contributed by atoms with E-state index < -0.39 is 32.5 Å². The van der Waals surface area contributed by atoms with Crippen molar-refractivity contribution in [3.63, 3.8) is 0 Å². The number of nitrogens with zero attached hydrogens (tertiary/aromatic N) is 1. The summed E-state index contributed by atoms with van der Waals surface area (Å²) in [7, 11) is 1.11. The number of hydrogen-bond donors (Lipinski definition) is 0. The molecule has 0 aliphatic carbocycles. The minimum Gasteiger partial charge on any atom is -0.756 e. The third-order valence-electron chi connectivity index (χ3n) is 10.4. The molecule has 1 aliphatic heterocycles. The molecular weight excluding hydrogens is 802 g/mol. The topological polar surface area (TPSA) is 124 Å². The predicted octanol–water partition coefficient (Wildman–Crippen LogP) is 12.5. The monoisotopic (exact) mass is 890 g/mol. The summed E-state index contributed by atoms with van der Waals surface area (Å²) in [5.74, 6) is -0.927. The van der Waals surface area contributed by atoms with Crippen molar-refractivity contribution in [3.8, 4) is 0 Å². The molecule has 11 heteroatoms. The first-order valence-corrected chi connectivity index (χ1v) is 25.7. The molecule has 10 nitrogen and oxygen atoms in total. The average Bonchev–Trinajstić information content (AvgIpc) is 3.98. The number of quaternary nitrogens is 1. The summed E-state index contributed by atoms with van der Waals surface area (Å²) in [4.78, 5) is 37.7. The zero-order valence-electron chi connectivity index (χ0n) is 39.7. The minimum absolute atomic E-state index is 0.0486. The third kappa shape index (κ3) is 39.0. The van der Waals surface area contributed by atoms with Crippen LogP contribution < -0.4 is 4.89 Å². The summed E-state index contributed by atoms with van der Waals surface area (Å²) in [6.45, 7) is 4.08. The second-order valence-electron chi connectivity index (χ2n) is 17.5. The lowest BCUT2D eigenvalue weighted by Gasteiger charge is -2.28. The number of carbonyl (C=O) groups excluding carboxylic acids is 2. The number of epoxide rings is 1. The molecule has 0 N–H and O–H groups in total. The predicted molar refractivity (Wildman–Crippen MR) is 254 cm³/mol. The second-order valence-corrected chi connectivity index (χ2v) is 18.9. The normalized spacial score (nSPS) is 17.4. The zero-order chi connectivity index (χ0) is 45.4. The van der Waals surface area contributed by atoms with E-state index in [0.717, 1.165) is 83.5 Å². The van der Waals surface area contributed by atoms with Gasteiger partial charge in [0.2, 0.25) is 0 Å². The lowest BCUT2D eigenvalue weighted by molar-refractivity contribution is -0.870. The Hall–Kier alpha value is -2.59.